The normalized spacial score (nSPS) is 41.4. The lowest BCUT2D eigenvalue weighted by Gasteiger charge is -2.63. The average molecular weight is 572 g/mol. The van der Waals surface area contributed by atoms with Crippen LogP contribution in [-0.2, 0) is 16.0 Å². The predicted molar refractivity (Wildman–Crippen MR) is 154 cm³/mol. The van der Waals surface area contributed by atoms with Crippen LogP contribution in [0.4, 0.5) is 0 Å². The molecule has 1 amide bonds. The molecule has 8 nitrogen and oxygen atoms in total. The molecule has 0 aliphatic heterocycles. The highest BCUT2D eigenvalue weighted by atomic mass is 16.4. The number of amides is 1. The topological polar surface area (TPSA) is 147 Å². The number of hydrogen-bond donors (Lipinski definition) is 6. The number of aliphatic hydroxyl groups is 3. The molecule has 0 unspecified atom stereocenters. The molecule has 8 heteroatoms. The molecule has 0 aromatic heterocycles. The highest BCUT2D eigenvalue weighted by Gasteiger charge is 2.65. The lowest BCUT2D eigenvalue weighted by atomic mass is 9.43. The minimum absolute atomic E-state index is 0.0254. The second-order valence-electron chi connectivity index (χ2n) is 14.4. The molecule has 6 N–H and O–H groups in total. The second kappa shape index (κ2) is 11.5. The predicted octanol–water partition coefficient (Wildman–Crippen LogP) is 3.88. The molecule has 0 radical (unpaired) electrons. The van der Waals surface area contributed by atoms with Crippen LogP contribution in [0.5, 0.6) is 5.75 Å². The van der Waals surface area contributed by atoms with Gasteiger partial charge in [0.05, 0.1) is 18.3 Å². The smallest absolute Gasteiger partial charge is 0.326 e. The van der Waals surface area contributed by atoms with Gasteiger partial charge >= 0.3 is 5.97 Å². The van der Waals surface area contributed by atoms with Crippen LogP contribution in [0, 0.1) is 46.3 Å². The van der Waals surface area contributed by atoms with E-state index >= 15 is 0 Å². The van der Waals surface area contributed by atoms with E-state index in [1.165, 1.54) is 12.1 Å². The number of carbonyl (C=O) groups is 2. The number of aliphatic carboxylic acids is 1. The lowest BCUT2D eigenvalue weighted by molar-refractivity contribution is -0.223. The van der Waals surface area contributed by atoms with Gasteiger partial charge in [0.15, 0.2) is 0 Å². The third-order valence-corrected chi connectivity index (χ3v) is 12.3. The molecule has 0 spiro atoms. The van der Waals surface area contributed by atoms with E-state index in [4.69, 9.17) is 0 Å². The minimum Gasteiger partial charge on any atom is -0.508 e. The summed E-state index contributed by atoms with van der Waals surface area (Å²) in [6.07, 6.45) is 5.47. The van der Waals surface area contributed by atoms with Gasteiger partial charge < -0.3 is 30.8 Å². The van der Waals surface area contributed by atoms with Crippen LogP contribution >= 0.6 is 0 Å². The number of fused-ring (bicyclic) bond motifs is 5. The Morgan fingerprint density at radius 2 is 1.59 bits per heavy atom. The van der Waals surface area contributed by atoms with E-state index in [9.17, 15) is 35.1 Å². The quantitative estimate of drug-likeness (QED) is 0.277. The van der Waals surface area contributed by atoms with Crippen molar-refractivity contribution in [1.29, 1.82) is 0 Å². The van der Waals surface area contributed by atoms with Crippen molar-refractivity contribution in [3.8, 4) is 5.75 Å². The molecule has 41 heavy (non-hydrogen) atoms. The first-order chi connectivity index (χ1) is 19.3. The molecule has 228 valence electrons. The Hall–Kier alpha value is -2.16. The number of carboxylic acids is 1. The van der Waals surface area contributed by atoms with Gasteiger partial charge in [0, 0.05) is 12.8 Å². The summed E-state index contributed by atoms with van der Waals surface area (Å²) in [4.78, 5) is 24.7. The van der Waals surface area contributed by atoms with Crippen molar-refractivity contribution < 1.29 is 35.1 Å². The number of nitrogens with one attached hydrogen (secondary N) is 1. The zero-order valence-corrected chi connectivity index (χ0v) is 24.7. The molecule has 1 aromatic rings. The van der Waals surface area contributed by atoms with E-state index in [0.717, 1.165) is 44.1 Å². The van der Waals surface area contributed by atoms with E-state index in [-0.39, 0.29) is 53.1 Å². The molecule has 1 aromatic carbocycles. The first-order valence-corrected chi connectivity index (χ1v) is 15.7. The van der Waals surface area contributed by atoms with Crippen molar-refractivity contribution in [3.63, 3.8) is 0 Å². The van der Waals surface area contributed by atoms with E-state index in [2.05, 4.69) is 26.1 Å². The Morgan fingerprint density at radius 3 is 2.27 bits per heavy atom. The van der Waals surface area contributed by atoms with Crippen LogP contribution in [-0.4, -0.2) is 61.8 Å². The third-order valence-electron chi connectivity index (χ3n) is 12.3. The fourth-order valence-corrected chi connectivity index (χ4v) is 10.1. The monoisotopic (exact) mass is 571 g/mol. The number of benzene rings is 1. The van der Waals surface area contributed by atoms with Crippen LogP contribution in [0.25, 0.3) is 0 Å². The Balaban J connectivity index is 1.21. The van der Waals surface area contributed by atoms with Crippen molar-refractivity contribution >= 4 is 11.9 Å². The van der Waals surface area contributed by atoms with Crippen LogP contribution in [0.1, 0.15) is 84.1 Å². The zero-order valence-electron chi connectivity index (χ0n) is 24.7. The second-order valence-corrected chi connectivity index (χ2v) is 14.4. The van der Waals surface area contributed by atoms with Crippen molar-refractivity contribution in [3.05, 3.63) is 29.8 Å². The summed E-state index contributed by atoms with van der Waals surface area (Å²) < 4.78 is 0. The van der Waals surface area contributed by atoms with Gasteiger partial charge in [-0.1, -0.05) is 32.9 Å². The van der Waals surface area contributed by atoms with Crippen molar-refractivity contribution in [2.75, 3.05) is 0 Å². The van der Waals surface area contributed by atoms with Crippen molar-refractivity contribution in [2.24, 2.45) is 46.3 Å². The van der Waals surface area contributed by atoms with Gasteiger partial charge in [0.25, 0.3) is 0 Å². The fourth-order valence-electron chi connectivity index (χ4n) is 10.1. The van der Waals surface area contributed by atoms with Gasteiger partial charge in [-0.15, -0.1) is 0 Å². The third kappa shape index (κ3) is 5.52. The molecular weight excluding hydrogens is 522 g/mol. The molecule has 5 rings (SSSR count). The van der Waals surface area contributed by atoms with Crippen molar-refractivity contribution in [2.45, 2.75) is 109 Å². The Kier molecular flexibility index (Phi) is 8.50. The average Bonchev–Trinajstić information content (AvgIpc) is 3.29. The first-order valence-electron chi connectivity index (χ1n) is 15.7. The van der Waals surface area contributed by atoms with Gasteiger partial charge in [-0.25, -0.2) is 4.79 Å². The molecule has 0 saturated heterocycles. The van der Waals surface area contributed by atoms with Crippen LogP contribution < -0.4 is 5.32 Å². The Labute approximate surface area is 243 Å². The van der Waals surface area contributed by atoms with Crippen molar-refractivity contribution in [1.82, 2.24) is 5.32 Å². The maximum Gasteiger partial charge on any atom is 0.326 e. The highest BCUT2D eigenvalue weighted by molar-refractivity contribution is 5.83. The zero-order chi connectivity index (χ0) is 29.7. The standard InChI is InChI=1S/C33H49NO7/c1-18(4-11-27(37)34-26(31(40)41)16-19-5-7-20(35)8-6-19)22-9-10-23-28-24(13-15-32(22,23)2)33(3)14-12-21(36)17-25(33)29(38)30(28)39/h5-8,18,21-26,28-30,35-36,38-39H,4,9-17H2,1-3H3,(H,34,37)(H,40,41)/t18-,21-,22-,23+,24+,25+,26+,28+,29-,30+,32-,33-/m1/s1. The Morgan fingerprint density at radius 1 is 0.927 bits per heavy atom. The SMILES string of the molecule is C[C@H](CCC(=O)N[C@@H](Cc1ccc(O)cc1)C(=O)O)[C@H]1CC[C@H]2[C@@H]3[C@H](O)[C@H](O)[C@@H]4C[C@H](O)CC[C@]4(C)[C@H]3CC[C@]12C. The maximum atomic E-state index is 12.9. The summed E-state index contributed by atoms with van der Waals surface area (Å²) in [5.41, 5.74) is 0.688. The molecular formula is C33H49NO7. The number of carboxylic acid groups (broad SMARTS) is 1. The van der Waals surface area contributed by atoms with Gasteiger partial charge in [-0.2, -0.15) is 0 Å². The van der Waals surface area contributed by atoms with Crippen LogP contribution in [0.3, 0.4) is 0 Å². The summed E-state index contributed by atoms with van der Waals surface area (Å²) >= 11 is 0. The molecule has 4 aliphatic carbocycles. The molecule has 0 bridgehead atoms. The minimum atomic E-state index is -1.08. The fraction of sp³-hybridized carbons (Fsp3) is 0.758. The summed E-state index contributed by atoms with van der Waals surface area (Å²) in [6.45, 7) is 6.85. The van der Waals surface area contributed by atoms with Gasteiger partial charge in [0.1, 0.15) is 11.8 Å². The number of hydrogen-bond acceptors (Lipinski definition) is 6. The first kappa shape index (κ1) is 30.3. The van der Waals surface area contributed by atoms with E-state index in [1.807, 2.05) is 0 Å². The highest BCUT2D eigenvalue weighted by Crippen LogP contribution is 2.68. The molecule has 12 atom stereocenters. The number of phenols is 1. The number of rotatable bonds is 8. The molecule has 0 heterocycles. The van der Waals surface area contributed by atoms with E-state index < -0.39 is 30.3 Å². The number of phenolic OH excluding ortho intramolecular Hbond substituents is 1. The van der Waals surface area contributed by atoms with Gasteiger partial charge in [-0.3, -0.25) is 4.79 Å². The maximum absolute atomic E-state index is 12.9. The van der Waals surface area contributed by atoms with Gasteiger partial charge in [-0.05, 0) is 115 Å². The molecule has 4 fully saturated rings. The summed E-state index contributed by atoms with van der Waals surface area (Å²) in [5, 5.41) is 54.9. The van der Waals surface area contributed by atoms with E-state index in [1.54, 1.807) is 12.1 Å². The van der Waals surface area contributed by atoms with Crippen LogP contribution in [0.15, 0.2) is 24.3 Å². The molecule has 4 aliphatic rings. The number of aliphatic hydroxyl groups excluding tert-OH is 3. The van der Waals surface area contributed by atoms with Gasteiger partial charge in [0.2, 0.25) is 5.91 Å². The summed E-state index contributed by atoms with van der Waals surface area (Å²) in [7, 11) is 0. The largest absolute Gasteiger partial charge is 0.508 e. The Bertz CT molecular complexity index is 1110. The number of carbonyl (C=O) groups excluding carboxylic acids is 1. The number of aromatic hydroxyl groups is 1. The molecule has 4 saturated carbocycles. The summed E-state index contributed by atoms with van der Waals surface area (Å²) in [6, 6.07) is 5.30. The lowest BCUT2D eigenvalue weighted by Crippen LogP contribution is -2.64. The summed E-state index contributed by atoms with van der Waals surface area (Å²) in [5.74, 6) is 0.0765. The van der Waals surface area contributed by atoms with E-state index in [0.29, 0.717) is 30.6 Å². The van der Waals surface area contributed by atoms with Crippen LogP contribution in [0.2, 0.25) is 0 Å².